The zero-order valence-corrected chi connectivity index (χ0v) is 13.7. The molecule has 0 atom stereocenters. The Labute approximate surface area is 137 Å². The van der Waals surface area contributed by atoms with Gasteiger partial charge >= 0.3 is 0 Å². The van der Waals surface area contributed by atoms with Gasteiger partial charge in [-0.15, -0.1) is 0 Å². The fourth-order valence-corrected chi connectivity index (χ4v) is 3.33. The van der Waals surface area contributed by atoms with Crippen molar-refractivity contribution in [1.82, 2.24) is 4.90 Å². The van der Waals surface area contributed by atoms with Crippen LogP contribution < -0.4 is 4.90 Å². The number of aliphatic hydroxyl groups is 1. The highest BCUT2D eigenvalue weighted by Crippen LogP contribution is 2.29. The smallest absolute Gasteiger partial charge is 0.227 e. The average Bonchev–Trinajstić information content (AvgIpc) is 2.60. The summed E-state index contributed by atoms with van der Waals surface area (Å²) in [5, 5.41) is 9.01. The third-order valence-corrected chi connectivity index (χ3v) is 4.72. The Balaban J connectivity index is 1.70. The summed E-state index contributed by atoms with van der Waals surface area (Å²) in [6, 6.07) is 6.42. The molecule has 0 aromatic heterocycles. The molecule has 3 rings (SSSR count). The van der Waals surface area contributed by atoms with Gasteiger partial charge in [0.1, 0.15) is 0 Å². The van der Waals surface area contributed by atoms with Crippen LogP contribution in [0.2, 0.25) is 0 Å². The largest absolute Gasteiger partial charge is 0.396 e. The summed E-state index contributed by atoms with van der Waals surface area (Å²) in [6.07, 6.45) is 3.06. The monoisotopic (exact) mass is 318 g/mol. The van der Waals surface area contributed by atoms with E-state index < -0.39 is 0 Å². The van der Waals surface area contributed by atoms with Crippen LogP contribution in [0.3, 0.4) is 0 Å². The van der Waals surface area contributed by atoms with Gasteiger partial charge in [-0.3, -0.25) is 9.69 Å². The zero-order chi connectivity index (χ0) is 16.1. The summed E-state index contributed by atoms with van der Waals surface area (Å²) in [7, 11) is 0. The van der Waals surface area contributed by atoms with Gasteiger partial charge in [0.25, 0.3) is 0 Å². The standard InChI is InChI=1S/C18H26N2O3/c21-11-1-2-15-3-4-16-5-6-18(22)20(17(16)14-15)8-7-19-9-12-23-13-10-19/h3-4,14,21H,1-2,5-13H2. The van der Waals surface area contributed by atoms with Crippen LogP contribution in [0, 0.1) is 0 Å². The van der Waals surface area contributed by atoms with Gasteiger partial charge in [0.15, 0.2) is 0 Å². The average molecular weight is 318 g/mol. The van der Waals surface area contributed by atoms with E-state index in [1.54, 1.807) is 0 Å². The van der Waals surface area contributed by atoms with Gasteiger partial charge in [-0.25, -0.2) is 0 Å². The summed E-state index contributed by atoms with van der Waals surface area (Å²) in [6.45, 7) is 5.32. The number of ether oxygens (including phenoxy) is 1. The van der Waals surface area contributed by atoms with Crippen molar-refractivity contribution in [3.8, 4) is 0 Å². The number of anilines is 1. The lowest BCUT2D eigenvalue weighted by Crippen LogP contribution is -2.44. The van der Waals surface area contributed by atoms with E-state index in [2.05, 4.69) is 23.1 Å². The van der Waals surface area contributed by atoms with E-state index in [-0.39, 0.29) is 12.5 Å². The molecule has 1 saturated heterocycles. The Morgan fingerprint density at radius 2 is 1.96 bits per heavy atom. The Morgan fingerprint density at radius 3 is 2.74 bits per heavy atom. The molecule has 0 radical (unpaired) electrons. The van der Waals surface area contributed by atoms with E-state index in [9.17, 15) is 4.79 Å². The Bertz CT molecular complexity index is 541. The van der Waals surface area contributed by atoms with Gasteiger partial charge in [-0.1, -0.05) is 12.1 Å². The molecule has 126 valence electrons. The van der Waals surface area contributed by atoms with Crippen LogP contribution in [0.25, 0.3) is 0 Å². The number of nitrogens with zero attached hydrogens (tertiary/aromatic N) is 2. The maximum Gasteiger partial charge on any atom is 0.227 e. The van der Waals surface area contributed by atoms with E-state index in [1.165, 1.54) is 11.1 Å². The van der Waals surface area contributed by atoms with Crippen LogP contribution >= 0.6 is 0 Å². The number of hydrogen-bond acceptors (Lipinski definition) is 4. The lowest BCUT2D eigenvalue weighted by atomic mass is 9.97. The number of carbonyl (C=O) groups excluding carboxylic acids is 1. The third-order valence-electron chi connectivity index (χ3n) is 4.72. The molecule has 0 aliphatic carbocycles. The maximum absolute atomic E-state index is 12.4. The fraction of sp³-hybridized carbons (Fsp3) is 0.611. The van der Waals surface area contributed by atoms with Gasteiger partial charge in [0.2, 0.25) is 5.91 Å². The molecule has 5 nitrogen and oxygen atoms in total. The van der Waals surface area contributed by atoms with Crippen molar-refractivity contribution < 1.29 is 14.6 Å². The summed E-state index contributed by atoms with van der Waals surface area (Å²) in [5.41, 5.74) is 3.54. The van der Waals surface area contributed by atoms with Crippen LogP contribution in [-0.2, 0) is 22.4 Å². The summed E-state index contributed by atoms with van der Waals surface area (Å²) < 4.78 is 5.38. The number of benzene rings is 1. The van der Waals surface area contributed by atoms with Crippen LogP contribution in [0.5, 0.6) is 0 Å². The van der Waals surface area contributed by atoms with Crippen LogP contribution in [-0.4, -0.2) is 61.9 Å². The first-order chi connectivity index (χ1) is 11.3. The summed E-state index contributed by atoms with van der Waals surface area (Å²) in [4.78, 5) is 16.7. The fourth-order valence-electron chi connectivity index (χ4n) is 3.33. The molecule has 0 spiro atoms. The minimum absolute atomic E-state index is 0.205. The van der Waals surface area contributed by atoms with Gasteiger partial charge in [0.05, 0.1) is 13.2 Å². The summed E-state index contributed by atoms with van der Waals surface area (Å²) in [5.74, 6) is 0.227. The number of rotatable bonds is 6. The highest BCUT2D eigenvalue weighted by Gasteiger charge is 2.25. The van der Waals surface area contributed by atoms with E-state index >= 15 is 0 Å². The minimum Gasteiger partial charge on any atom is -0.396 e. The predicted molar refractivity (Wildman–Crippen MR) is 89.8 cm³/mol. The molecule has 0 saturated carbocycles. The highest BCUT2D eigenvalue weighted by atomic mass is 16.5. The molecule has 2 aliphatic rings. The molecule has 0 bridgehead atoms. The van der Waals surface area contributed by atoms with Crippen LogP contribution in [0.1, 0.15) is 24.0 Å². The quantitative estimate of drug-likeness (QED) is 0.857. The molecule has 1 N–H and O–H groups in total. The van der Waals surface area contributed by atoms with E-state index in [1.807, 2.05) is 4.90 Å². The van der Waals surface area contributed by atoms with Gasteiger partial charge < -0.3 is 14.7 Å². The predicted octanol–water partition coefficient (Wildman–Crippen LogP) is 1.22. The van der Waals surface area contributed by atoms with Crippen molar-refractivity contribution in [3.05, 3.63) is 29.3 Å². The molecule has 23 heavy (non-hydrogen) atoms. The summed E-state index contributed by atoms with van der Waals surface area (Å²) >= 11 is 0. The number of aryl methyl sites for hydroxylation is 2. The van der Waals surface area contributed by atoms with Crippen molar-refractivity contribution in [1.29, 1.82) is 0 Å². The Kier molecular flexibility index (Phi) is 5.65. The minimum atomic E-state index is 0.205. The van der Waals surface area contributed by atoms with Crippen LogP contribution in [0.4, 0.5) is 5.69 Å². The number of fused-ring (bicyclic) bond motifs is 1. The third kappa shape index (κ3) is 4.10. The zero-order valence-electron chi connectivity index (χ0n) is 13.7. The topological polar surface area (TPSA) is 53.0 Å². The van der Waals surface area contributed by atoms with Crippen molar-refractivity contribution in [3.63, 3.8) is 0 Å². The molecule has 2 aliphatic heterocycles. The molecular weight excluding hydrogens is 292 g/mol. The van der Waals surface area contributed by atoms with Gasteiger partial charge in [-0.05, 0) is 36.5 Å². The Hall–Kier alpha value is -1.43. The van der Waals surface area contributed by atoms with Gasteiger partial charge in [-0.2, -0.15) is 0 Å². The van der Waals surface area contributed by atoms with E-state index in [4.69, 9.17) is 9.84 Å². The molecule has 5 heteroatoms. The Morgan fingerprint density at radius 1 is 1.13 bits per heavy atom. The van der Waals surface area contributed by atoms with E-state index in [0.717, 1.165) is 64.3 Å². The van der Waals surface area contributed by atoms with Crippen LogP contribution in [0.15, 0.2) is 18.2 Å². The molecule has 1 fully saturated rings. The van der Waals surface area contributed by atoms with Gasteiger partial charge in [0, 0.05) is 44.9 Å². The van der Waals surface area contributed by atoms with Crippen molar-refractivity contribution >= 4 is 11.6 Å². The number of morpholine rings is 1. The lowest BCUT2D eigenvalue weighted by Gasteiger charge is -2.33. The second-order valence-corrected chi connectivity index (χ2v) is 6.29. The second-order valence-electron chi connectivity index (χ2n) is 6.29. The molecule has 0 unspecified atom stereocenters. The molecule has 1 aromatic carbocycles. The number of carbonyl (C=O) groups is 1. The second kappa shape index (κ2) is 7.90. The molecule has 1 aromatic rings. The first kappa shape index (κ1) is 16.4. The van der Waals surface area contributed by atoms with Crippen molar-refractivity contribution in [2.75, 3.05) is 50.9 Å². The first-order valence-corrected chi connectivity index (χ1v) is 8.61. The number of amides is 1. The maximum atomic E-state index is 12.4. The molecule has 2 heterocycles. The highest BCUT2D eigenvalue weighted by molar-refractivity contribution is 5.96. The normalized spacial score (nSPS) is 19.0. The number of hydrogen-bond donors (Lipinski definition) is 1. The van der Waals surface area contributed by atoms with Crippen molar-refractivity contribution in [2.24, 2.45) is 0 Å². The lowest BCUT2D eigenvalue weighted by molar-refractivity contribution is -0.119. The first-order valence-electron chi connectivity index (χ1n) is 8.61. The number of aliphatic hydroxyl groups excluding tert-OH is 1. The molecule has 1 amide bonds. The molecular formula is C18H26N2O3. The van der Waals surface area contributed by atoms with E-state index in [0.29, 0.717) is 6.42 Å². The SMILES string of the molecule is O=C1CCc2ccc(CCCO)cc2N1CCN1CCOCC1. The van der Waals surface area contributed by atoms with Crippen molar-refractivity contribution in [2.45, 2.75) is 25.7 Å².